The Kier molecular flexibility index (Phi) is 4.53. The first kappa shape index (κ1) is 16.4. The second kappa shape index (κ2) is 6.60. The second-order valence-corrected chi connectivity index (χ2v) is 6.51. The van der Waals surface area contributed by atoms with Crippen molar-refractivity contribution in [2.45, 2.75) is 26.4 Å². The van der Waals surface area contributed by atoms with E-state index in [1.165, 1.54) is 12.0 Å². The Morgan fingerprint density at radius 3 is 2.88 bits per heavy atom. The maximum atomic E-state index is 12.6. The first-order chi connectivity index (χ1) is 11.5. The molecule has 0 N–H and O–H groups in total. The number of hydrogen-bond acceptors (Lipinski definition) is 6. The van der Waals surface area contributed by atoms with E-state index in [0.29, 0.717) is 17.9 Å². The molecule has 3 rings (SSSR count). The van der Waals surface area contributed by atoms with Gasteiger partial charge in [-0.25, -0.2) is 4.98 Å². The molecule has 0 radical (unpaired) electrons. The summed E-state index contributed by atoms with van der Waals surface area (Å²) in [4.78, 5) is 30.2. The zero-order valence-electron chi connectivity index (χ0n) is 13.7. The van der Waals surface area contributed by atoms with Crippen molar-refractivity contribution in [1.29, 1.82) is 0 Å². The summed E-state index contributed by atoms with van der Waals surface area (Å²) in [7, 11) is 1.31. The van der Waals surface area contributed by atoms with Crippen molar-refractivity contribution in [3.8, 4) is 17.0 Å². The molecule has 7 heteroatoms. The number of carbonyl (C=O) groups is 2. The normalized spacial score (nSPS) is 16.5. The van der Waals surface area contributed by atoms with Crippen LogP contribution >= 0.6 is 11.3 Å². The van der Waals surface area contributed by atoms with E-state index < -0.39 is 12.1 Å². The number of esters is 1. The van der Waals surface area contributed by atoms with Crippen molar-refractivity contribution in [2.24, 2.45) is 0 Å². The molecule has 1 aromatic heterocycles. The SMILES string of the molecule is CCC1Oc2ccc(-c3csc(C)n3)cc2N(CC(=O)OC)C1=O. The molecule has 1 aliphatic rings. The van der Waals surface area contributed by atoms with Gasteiger partial charge in [0.25, 0.3) is 5.91 Å². The number of benzene rings is 1. The van der Waals surface area contributed by atoms with Gasteiger partial charge in [-0.15, -0.1) is 11.3 Å². The third kappa shape index (κ3) is 2.99. The lowest BCUT2D eigenvalue weighted by Gasteiger charge is -2.33. The van der Waals surface area contributed by atoms with E-state index in [-0.39, 0.29) is 12.5 Å². The highest BCUT2D eigenvalue weighted by Crippen LogP contribution is 2.38. The van der Waals surface area contributed by atoms with Crippen LogP contribution in [0.3, 0.4) is 0 Å². The number of methoxy groups -OCH3 is 1. The third-order valence-electron chi connectivity index (χ3n) is 3.86. The number of hydrogen-bond donors (Lipinski definition) is 0. The first-order valence-electron chi connectivity index (χ1n) is 7.65. The molecule has 24 heavy (non-hydrogen) atoms. The van der Waals surface area contributed by atoms with Gasteiger partial charge in [-0.05, 0) is 31.5 Å². The van der Waals surface area contributed by atoms with Crippen LogP contribution < -0.4 is 9.64 Å². The Labute approximate surface area is 144 Å². The number of anilines is 1. The number of aromatic nitrogens is 1. The molecule has 2 heterocycles. The van der Waals surface area contributed by atoms with E-state index >= 15 is 0 Å². The van der Waals surface area contributed by atoms with Crippen LogP contribution in [0.5, 0.6) is 5.75 Å². The van der Waals surface area contributed by atoms with E-state index in [1.54, 1.807) is 11.3 Å². The Morgan fingerprint density at radius 1 is 1.46 bits per heavy atom. The summed E-state index contributed by atoms with van der Waals surface area (Å²) in [6.45, 7) is 3.67. The van der Waals surface area contributed by atoms with Crippen LogP contribution in [-0.2, 0) is 14.3 Å². The van der Waals surface area contributed by atoms with Crippen LogP contribution in [0.2, 0.25) is 0 Å². The van der Waals surface area contributed by atoms with Crippen LogP contribution in [0.1, 0.15) is 18.4 Å². The van der Waals surface area contributed by atoms with Crippen LogP contribution in [-0.4, -0.2) is 36.6 Å². The van der Waals surface area contributed by atoms with Gasteiger partial charge in [0.15, 0.2) is 6.10 Å². The van der Waals surface area contributed by atoms with Gasteiger partial charge in [-0.1, -0.05) is 6.92 Å². The fourth-order valence-corrected chi connectivity index (χ4v) is 3.22. The highest BCUT2D eigenvalue weighted by Gasteiger charge is 2.34. The molecule has 1 amide bonds. The fourth-order valence-electron chi connectivity index (χ4n) is 2.59. The van der Waals surface area contributed by atoms with Gasteiger partial charge in [0.2, 0.25) is 0 Å². The summed E-state index contributed by atoms with van der Waals surface area (Å²) in [5, 5.41) is 2.93. The van der Waals surface area contributed by atoms with E-state index in [0.717, 1.165) is 16.3 Å². The summed E-state index contributed by atoms with van der Waals surface area (Å²) in [6, 6.07) is 5.56. The van der Waals surface area contributed by atoms with Crippen molar-refractivity contribution in [3.63, 3.8) is 0 Å². The quantitative estimate of drug-likeness (QED) is 0.796. The molecule has 6 nitrogen and oxygen atoms in total. The minimum atomic E-state index is -0.588. The summed E-state index contributed by atoms with van der Waals surface area (Å²) >= 11 is 1.56. The highest BCUT2D eigenvalue weighted by molar-refractivity contribution is 7.09. The lowest BCUT2D eigenvalue weighted by molar-refractivity contribution is -0.140. The topological polar surface area (TPSA) is 68.7 Å². The summed E-state index contributed by atoms with van der Waals surface area (Å²) in [6.07, 6.45) is -0.0577. The Morgan fingerprint density at radius 2 is 2.25 bits per heavy atom. The molecule has 0 bridgehead atoms. The zero-order chi connectivity index (χ0) is 17.3. The van der Waals surface area contributed by atoms with E-state index in [9.17, 15) is 9.59 Å². The number of rotatable bonds is 4. The van der Waals surface area contributed by atoms with Gasteiger partial charge in [-0.2, -0.15) is 0 Å². The van der Waals surface area contributed by atoms with Crippen LogP contribution in [0, 0.1) is 6.92 Å². The molecule has 1 aliphatic heterocycles. The minimum Gasteiger partial charge on any atom is -0.478 e. The molecule has 1 atom stereocenters. The number of fused-ring (bicyclic) bond motifs is 1. The summed E-state index contributed by atoms with van der Waals surface area (Å²) < 4.78 is 10.5. The number of carbonyl (C=O) groups excluding carboxylic acids is 2. The highest BCUT2D eigenvalue weighted by atomic mass is 32.1. The van der Waals surface area contributed by atoms with Crippen molar-refractivity contribution in [3.05, 3.63) is 28.6 Å². The molecule has 0 aliphatic carbocycles. The van der Waals surface area contributed by atoms with Gasteiger partial charge in [0.1, 0.15) is 12.3 Å². The molecule has 0 saturated heterocycles. The van der Waals surface area contributed by atoms with Crippen LogP contribution in [0.25, 0.3) is 11.3 Å². The van der Waals surface area contributed by atoms with E-state index in [1.807, 2.05) is 37.4 Å². The van der Waals surface area contributed by atoms with E-state index in [4.69, 9.17) is 9.47 Å². The van der Waals surface area contributed by atoms with Gasteiger partial charge in [0.05, 0.1) is 23.5 Å². The lowest BCUT2D eigenvalue weighted by Crippen LogP contribution is -2.47. The predicted octanol–water partition coefficient (Wildman–Crippen LogP) is 2.80. The largest absolute Gasteiger partial charge is 0.478 e. The number of thiazole rings is 1. The van der Waals surface area contributed by atoms with Crippen molar-refractivity contribution in [1.82, 2.24) is 4.98 Å². The lowest BCUT2D eigenvalue weighted by atomic mass is 10.1. The molecular formula is C17H18N2O4S. The monoisotopic (exact) mass is 346 g/mol. The molecule has 0 fully saturated rings. The number of nitrogens with zero attached hydrogens (tertiary/aromatic N) is 2. The molecular weight excluding hydrogens is 328 g/mol. The Bertz CT molecular complexity index is 787. The smallest absolute Gasteiger partial charge is 0.325 e. The molecule has 2 aromatic rings. The minimum absolute atomic E-state index is 0.137. The predicted molar refractivity (Wildman–Crippen MR) is 91.4 cm³/mol. The molecule has 0 spiro atoms. The van der Waals surface area contributed by atoms with Crippen LogP contribution in [0.15, 0.2) is 23.6 Å². The molecule has 1 aromatic carbocycles. The fraction of sp³-hybridized carbons (Fsp3) is 0.353. The van der Waals surface area contributed by atoms with Gasteiger partial charge >= 0.3 is 5.97 Å². The van der Waals surface area contributed by atoms with Gasteiger partial charge < -0.3 is 9.47 Å². The molecule has 1 unspecified atom stereocenters. The standard InChI is InChI=1S/C17H18N2O4S/c1-4-14-17(21)19(8-16(20)22-3)13-7-11(5-6-15(13)23-14)12-9-24-10(2)18-12/h5-7,9,14H,4,8H2,1-3H3. The average Bonchev–Trinajstić information content (AvgIpc) is 3.03. The second-order valence-electron chi connectivity index (χ2n) is 5.45. The van der Waals surface area contributed by atoms with Crippen molar-refractivity contribution >= 4 is 28.9 Å². The van der Waals surface area contributed by atoms with Crippen molar-refractivity contribution in [2.75, 3.05) is 18.6 Å². The molecule has 0 saturated carbocycles. The Hall–Kier alpha value is -2.41. The first-order valence-corrected chi connectivity index (χ1v) is 8.52. The Balaban J connectivity index is 2.04. The average molecular weight is 346 g/mol. The maximum absolute atomic E-state index is 12.6. The summed E-state index contributed by atoms with van der Waals surface area (Å²) in [5.74, 6) is -0.121. The zero-order valence-corrected chi connectivity index (χ0v) is 14.6. The van der Waals surface area contributed by atoms with Gasteiger partial charge in [0, 0.05) is 10.9 Å². The number of aryl methyl sites for hydroxylation is 1. The summed E-state index contributed by atoms with van der Waals surface area (Å²) in [5.41, 5.74) is 2.28. The van der Waals surface area contributed by atoms with Gasteiger partial charge in [-0.3, -0.25) is 14.5 Å². The third-order valence-corrected chi connectivity index (χ3v) is 4.63. The molecule has 126 valence electrons. The van der Waals surface area contributed by atoms with Crippen molar-refractivity contribution < 1.29 is 19.1 Å². The maximum Gasteiger partial charge on any atom is 0.325 e. The number of amides is 1. The van der Waals surface area contributed by atoms with E-state index in [2.05, 4.69) is 4.98 Å². The number of ether oxygens (including phenoxy) is 2. The van der Waals surface area contributed by atoms with Crippen LogP contribution in [0.4, 0.5) is 5.69 Å².